The lowest BCUT2D eigenvalue weighted by Crippen LogP contribution is -2.42. The maximum absolute atomic E-state index is 12.4. The third kappa shape index (κ3) is 4.88. The quantitative estimate of drug-likeness (QED) is 0.633. The Hall–Kier alpha value is -3.02. The zero-order chi connectivity index (χ0) is 21.0. The first-order chi connectivity index (χ1) is 13.8. The highest BCUT2D eigenvalue weighted by molar-refractivity contribution is 7.90. The monoisotopic (exact) mass is 423 g/mol. The van der Waals surface area contributed by atoms with Gasteiger partial charge in [-0.25, -0.2) is 13.2 Å². The molecule has 12 heteroatoms. The lowest BCUT2D eigenvalue weighted by atomic mass is 9.99. The van der Waals surface area contributed by atoms with E-state index in [0.717, 1.165) is 6.26 Å². The molecule has 2 aromatic rings. The summed E-state index contributed by atoms with van der Waals surface area (Å²) in [5.41, 5.74) is 0.531. The van der Waals surface area contributed by atoms with Crippen LogP contribution in [0.3, 0.4) is 0 Å². The van der Waals surface area contributed by atoms with Crippen LogP contribution in [0.5, 0.6) is 0 Å². The Labute approximate surface area is 167 Å². The number of esters is 1. The number of carbonyl (C=O) groups is 2. The van der Waals surface area contributed by atoms with Crippen LogP contribution in [-0.2, 0) is 30.7 Å². The van der Waals surface area contributed by atoms with E-state index in [9.17, 15) is 18.0 Å². The second kappa shape index (κ2) is 8.55. The normalized spacial score (nSPS) is 17.0. The van der Waals surface area contributed by atoms with Gasteiger partial charge in [0.15, 0.2) is 22.3 Å². The van der Waals surface area contributed by atoms with Gasteiger partial charge >= 0.3 is 12.1 Å². The fourth-order valence-corrected chi connectivity index (χ4v) is 3.68. The van der Waals surface area contributed by atoms with Crippen molar-refractivity contribution in [3.63, 3.8) is 0 Å². The van der Waals surface area contributed by atoms with Crippen molar-refractivity contribution in [3.8, 4) is 5.69 Å². The molecule has 1 atom stereocenters. The number of ether oxygens (including phenoxy) is 2. The molecular formula is C17H21N5O6S. The predicted octanol–water partition coefficient (Wildman–Crippen LogP) is 0.587. The molecule has 3 rings (SSSR count). The Morgan fingerprint density at radius 1 is 1.24 bits per heavy atom. The van der Waals surface area contributed by atoms with Gasteiger partial charge in [0.25, 0.3) is 0 Å². The molecule has 156 valence electrons. The SMILES string of the molecule is COC(=O)N1CCC[C@H](C(=O)OCc2nnnn2-c2ccc(S(C)(=O)=O)cc2)C1. The number of amides is 1. The van der Waals surface area contributed by atoms with Gasteiger partial charge in [-0.2, -0.15) is 4.68 Å². The van der Waals surface area contributed by atoms with Crippen molar-refractivity contribution in [2.45, 2.75) is 24.3 Å². The maximum atomic E-state index is 12.4. The number of hydrogen-bond acceptors (Lipinski definition) is 9. The summed E-state index contributed by atoms with van der Waals surface area (Å²) in [6.45, 7) is 0.621. The van der Waals surface area contributed by atoms with Gasteiger partial charge in [-0.15, -0.1) is 5.10 Å². The van der Waals surface area contributed by atoms with E-state index < -0.39 is 27.8 Å². The smallest absolute Gasteiger partial charge is 0.409 e. The summed E-state index contributed by atoms with van der Waals surface area (Å²) in [7, 11) is -2.01. The molecule has 0 saturated carbocycles. The number of piperidine rings is 1. The van der Waals surface area contributed by atoms with Crippen molar-refractivity contribution < 1.29 is 27.5 Å². The van der Waals surface area contributed by atoms with Gasteiger partial charge in [-0.1, -0.05) is 0 Å². The van der Waals surface area contributed by atoms with E-state index in [1.165, 1.54) is 28.8 Å². The molecule has 0 bridgehead atoms. The van der Waals surface area contributed by atoms with E-state index in [-0.39, 0.29) is 23.9 Å². The highest BCUT2D eigenvalue weighted by Crippen LogP contribution is 2.19. The molecule has 0 unspecified atom stereocenters. The Bertz CT molecular complexity index is 988. The Morgan fingerprint density at radius 2 is 1.97 bits per heavy atom. The maximum Gasteiger partial charge on any atom is 0.409 e. The number of carbonyl (C=O) groups excluding carboxylic acids is 2. The van der Waals surface area contributed by atoms with Crippen molar-refractivity contribution in [1.29, 1.82) is 0 Å². The first-order valence-corrected chi connectivity index (χ1v) is 10.8. The number of tetrazole rings is 1. The van der Waals surface area contributed by atoms with E-state index >= 15 is 0 Å². The molecule has 0 N–H and O–H groups in total. The zero-order valence-corrected chi connectivity index (χ0v) is 16.8. The number of likely N-dealkylation sites (tertiary alicyclic amines) is 1. The van der Waals surface area contributed by atoms with Crippen molar-refractivity contribution in [2.24, 2.45) is 5.92 Å². The molecule has 1 aromatic carbocycles. The molecule has 11 nitrogen and oxygen atoms in total. The number of benzene rings is 1. The molecule has 1 saturated heterocycles. The van der Waals surface area contributed by atoms with Crippen LogP contribution in [-0.4, -0.2) is 72.0 Å². The molecule has 1 aliphatic rings. The van der Waals surface area contributed by atoms with Gasteiger partial charge in [0, 0.05) is 19.3 Å². The number of aromatic nitrogens is 4. The summed E-state index contributed by atoms with van der Waals surface area (Å²) in [4.78, 5) is 25.7. The summed E-state index contributed by atoms with van der Waals surface area (Å²) in [6.07, 6.45) is 1.95. The summed E-state index contributed by atoms with van der Waals surface area (Å²) >= 11 is 0. The Balaban J connectivity index is 1.64. The van der Waals surface area contributed by atoms with Crippen LogP contribution < -0.4 is 0 Å². The predicted molar refractivity (Wildman–Crippen MR) is 98.8 cm³/mol. The van der Waals surface area contributed by atoms with E-state index in [0.29, 0.717) is 25.1 Å². The second-order valence-electron chi connectivity index (χ2n) is 6.64. The molecule has 2 heterocycles. The Kier molecular flexibility index (Phi) is 6.11. The fraction of sp³-hybridized carbons (Fsp3) is 0.471. The zero-order valence-electron chi connectivity index (χ0n) is 16.0. The third-order valence-corrected chi connectivity index (χ3v) is 5.70. The lowest BCUT2D eigenvalue weighted by Gasteiger charge is -2.30. The average Bonchev–Trinajstić information content (AvgIpc) is 3.19. The summed E-state index contributed by atoms with van der Waals surface area (Å²) in [5, 5.41) is 11.3. The van der Waals surface area contributed by atoms with Crippen LogP contribution in [0, 0.1) is 5.92 Å². The summed E-state index contributed by atoms with van der Waals surface area (Å²) < 4.78 is 34.6. The Morgan fingerprint density at radius 3 is 2.62 bits per heavy atom. The number of hydrogen-bond donors (Lipinski definition) is 0. The molecular weight excluding hydrogens is 402 g/mol. The van der Waals surface area contributed by atoms with Gasteiger partial charge in [0.05, 0.1) is 23.6 Å². The number of nitrogens with zero attached hydrogens (tertiary/aromatic N) is 5. The van der Waals surface area contributed by atoms with Gasteiger partial charge < -0.3 is 14.4 Å². The first kappa shape index (κ1) is 20.7. The highest BCUT2D eigenvalue weighted by Gasteiger charge is 2.30. The van der Waals surface area contributed by atoms with Crippen molar-refractivity contribution in [3.05, 3.63) is 30.1 Å². The molecule has 1 amide bonds. The molecule has 1 fully saturated rings. The minimum atomic E-state index is -3.31. The molecule has 0 aliphatic carbocycles. The number of rotatable bonds is 5. The summed E-state index contributed by atoms with van der Waals surface area (Å²) in [5.74, 6) is -0.604. The second-order valence-corrected chi connectivity index (χ2v) is 8.65. The minimum Gasteiger partial charge on any atom is -0.457 e. The minimum absolute atomic E-state index is 0.158. The van der Waals surface area contributed by atoms with Crippen LogP contribution in [0.1, 0.15) is 18.7 Å². The molecule has 1 aromatic heterocycles. The van der Waals surface area contributed by atoms with Gasteiger partial charge in [-0.3, -0.25) is 4.79 Å². The van der Waals surface area contributed by atoms with Gasteiger partial charge in [-0.05, 0) is 47.5 Å². The van der Waals surface area contributed by atoms with Crippen LogP contribution in [0.25, 0.3) is 5.69 Å². The van der Waals surface area contributed by atoms with Crippen LogP contribution in [0.4, 0.5) is 4.79 Å². The third-order valence-electron chi connectivity index (χ3n) is 4.57. The van der Waals surface area contributed by atoms with Crippen molar-refractivity contribution in [1.82, 2.24) is 25.1 Å². The van der Waals surface area contributed by atoms with E-state index in [1.54, 1.807) is 12.1 Å². The molecule has 0 radical (unpaired) electrons. The van der Waals surface area contributed by atoms with Gasteiger partial charge in [0.1, 0.15) is 0 Å². The fourth-order valence-electron chi connectivity index (χ4n) is 3.05. The van der Waals surface area contributed by atoms with Crippen LogP contribution >= 0.6 is 0 Å². The number of methoxy groups -OCH3 is 1. The standard InChI is InChI=1S/C17H21N5O6S/c1-27-17(24)21-9-3-4-12(10-21)16(23)28-11-15-18-19-20-22(15)13-5-7-14(8-6-13)29(2,25)26/h5-8,12H,3-4,9-11H2,1-2H3/t12-/m0/s1. The number of sulfone groups is 1. The largest absolute Gasteiger partial charge is 0.457 e. The average molecular weight is 423 g/mol. The van der Waals surface area contributed by atoms with Crippen LogP contribution in [0.2, 0.25) is 0 Å². The summed E-state index contributed by atoms with van der Waals surface area (Å²) in [6, 6.07) is 6.03. The van der Waals surface area contributed by atoms with E-state index in [4.69, 9.17) is 9.47 Å². The first-order valence-electron chi connectivity index (χ1n) is 8.87. The van der Waals surface area contributed by atoms with Crippen LogP contribution in [0.15, 0.2) is 29.2 Å². The van der Waals surface area contributed by atoms with E-state index in [1.807, 2.05) is 0 Å². The molecule has 1 aliphatic heterocycles. The molecule has 0 spiro atoms. The topological polar surface area (TPSA) is 134 Å². The van der Waals surface area contributed by atoms with Crippen molar-refractivity contribution >= 4 is 21.9 Å². The van der Waals surface area contributed by atoms with Gasteiger partial charge in [0.2, 0.25) is 0 Å². The highest BCUT2D eigenvalue weighted by atomic mass is 32.2. The lowest BCUT2D eigenvalue weighted by molar-refractivity contribution is -0.151. The van der Waals surface area contributed by atoms with Crippen molar-refractivity contribution in [2.75, 3.05) is 26.5 Å². The van der Waals surface area contributed by atoms with E-state index in [2.05, 4.69) is 15.5 Å². The molecule has 29 heavy (non-hydrogen) atoms.